The van der Waals surface area contributed by atoms with E-state index in [2.05, 4.69) is 5.32 Å². The van der Waals surface area contributed by atoms with E-state index in [4.69, 9.17) is 0 Å². The summed E-state index contributed by atoms with van der Waals surface area (Å²) in [6, 6.07) is 0. The number of hydrogen-bond acceptors (Lipinski definition) is 2. The quantitative estimate of drug-likeness (QED) is 0.736. The summed E-state index contributed by atoms with van der Waals surface area (Å²) in [5, 5.41) is 2.45. The maximum absolute atomic E-state index is 10.8. The fourth-order valence-corrected chi connectivity index (χ4v) is 0.525. The minimum atomic E-state index is -0.208. The second kappa shape index (κ2) is 15.4. The zero-order valence-electron chi connectivity index (χ0n) is 11.1. The van der Waals surface area contributed by atoms with E-state index in [1.165, 1.54) is 13.0 Å². The van der Waals surface area contributed by atoms with Crippen LogP contribution in [0.3, 0.4) is 0 Å². The lowest BCUT2D eigenvalue weighted by Crippen LogP contribution is -2.26. The summed E-state index contributed by atoms with van der Waals surface area (Å²) < 4.78 is 0. The van der Waals surface area contributed by atoms with Gasteiger partial charge in [0, 0.05) is 6.08 Å². The summed E-state index contributed by atoms with van der Waals surface area (Å²) in [7, 11) is 0. The van der Waals surface area contributed by atoms with Crippen LogP contribution in [0, 0.1) is 0 Å². The van der Waals surface area contributed by atoms with E-state index in [1.54, 1.807) is 0 Å². The fraction of sp³-hybridized carbons (Fsp3) is 0.667. The van der Waals surface area contributed by atoms with Gasteiger partial charge in [-0.25, -0.2) is 0 Å². The lowest BCUT2D eigenvalue weighted by molar-refractivity contribution is -0.121. The van der Waals surface area contributed by atoms with Crippen LogP contribution in [0.15, 0.2) is 11.6 Å². The Morgan fingerprint density at radius 3 is 1.67 bits per heavy atom. The van der Waals surface area contributed by atoms with E-state index < -0.39 is 0 Å². The van der Waals surface area contributed by atoms with Gasteiger partial charge in [-0.2, -0.15) is 0 Å². The van der Waals surface area contributed by atoms with Gasteiger partial charge in [-0.1, -0.05) is 33.3 Å². The molecule has 0 atom stereocenters. The summed E-state index contributed by atoms with van der Waals surface area (Å²) in [6.07, 6.45) is 1.46. The Balaban J connectivity index is -0.000000318. The number of Topliss-reactive ketones (excluding diaryl/α,β-unsaturated/α-hetero) is 1. The molecule has 0 aliphatic rings. The Morgan fingerprint density at radius 2 is 1.40 bits per heavy atom. The van der Waals surface area contributed by atoms with E-state index in [0.717, 1.165) is 5.57 Å². The summed E-state index contributed by atoms with van der Waals surface area (Å²) in [5.74, 6) is -0.249. The van der Waals surface area contributed by atoms with Gasteiger partial charge in [0.15, 0.2) is 0 Å². The Kier molecular flexibility index (Phi) is 19.9. The van der Waals surface area contributed by atoms with Crippen LogP contribution in [0.2, 0.25) is 0 Å². The van der Waals surface area contributed by atoms with Crippen LogP contribution in [0.1, 0.15) is 48.5 Å². The van der Waals surface area contributed by atoms with Crippen LogP contribution in [-0.4, -0.2) is 18.2 Å². The van der Waals surface area contributed by atoms with Gasteiger partial charge < -0.3 is 5.32 Å². The molecule has 0 saturated heterocycles. The van der Waals surface area contributed by atoms with Gasteiger partial charge in [0.1, 0.15) is 5.78 Å². The maximum atomic E-state index is 10.8. The lowest BCUT2D eigenvalue weighted by atomic mass is 10.3. The molecule has 0 unspecified atom stereocenters. The number of allylic oxidation sites excluding steroid dienone is 1. The van der Waals surface area contributed by atoms with Crippen molar-refractivity contribution in [3.63, 3.8) is 0 Å². The number of carbonyl (C=O) groups is 2. The molecular weight excluding hydrogens is 190 g/mol. The molecule has 3 heteroatoms. The van der Waals surface area contributed by atoms with Crippen molar-refractivity contribution in [2.24, 2.45) is 0 Å². The largest absolute Gasteiger partial charge is 0.345 e. The molecule has 0 aromatic carbocycles. The third-order valence-electron chi connectivity index (χ3n) is 0.931. The number of amides is 1. The second-order valence-corrected chi connectivity index (χ2v) is 2.64. The smallest absolute Gasteiger partial charge is 0.244 e. The fourth-order valence-electron chi connectivity index (χ4n) is 0.525. The molecule has 0 heterocycles. The van der Waals surface area contributed by atoms with Crippen LogP contribution in [-0.2, 0) is 9.59 Å². The monoisotopic (exact) mass is 215 g/mol. The van der Waals surface area contributed by atoms with Crippen LogP contribution in [0.5, 0.6) is 0 Å². The first-order valence-electron chi connectivity index (χ1n) is 5.44. The molecule has 0 spiro atoms. The van der Waals surface area contributed by atoms with Crippen LogP contribution < -0.4 is 5.32 Å². The SMILES string of the molecule is CC.CC.CC(=O)CNC(=O)C=C(C)C. The van der Waals surface area contributed by atoms with Crippen molar-refractivity contribution in [2.45, 2.75) is 48.5 Å². The lowest BCUT2D eigenvalue weighted by Gasteiger charge is -1.97. The maximum Gasteiger partial charge on any atom is 0.244 e. The highest BCUT2D eigenvalue weighted by molar-refractivity contribution is 5.91. The van der Waals surface area contributed by atoms with Crippen LogP contribution >= 0.6 is 0 Å². The van der Waals surface area contributed by atoms with Gasteiger partial charge in [-0.3, -0.25) is 9.59 Å². The summed E-state index contributed by atoms with van der Waals surface area (Å²) in [4.78, 5) is 21.2. The first kappa shape index (κ1) is 19.5. The first-order valence-corrected chi connectivity index (χ1v) is 5.44. The highest BCUT2D eigenvalue weighted by Crippen LogP contribution is 1.86. The Morgan fingerprint density at radius 1 is 1.00 bits per heavy atom. The molecule has 1 N–H and O–H groups in total. The molecule has 0 aromatic heterocycles. The number of nitrogens with one attached hydrogen (secondary N) is 1. The average Bonchev–Trinajstić information content (AvgIpc) is 2.20. The molecule has 0 aromatic rings. The van der Waals surface area contributed by atoms with E-state index >= 15 is 0 Å². The van der Waals surface area contributed by atoms with Crippen molar-refractivity contribution in [1.29, 1.82) is 0 Å². The molecule has 0 bridgehead atoms. The van der Waals surface area contributed by atoms with Crippen LogP contribution in [0.25, 0.3) is 0 Å². The number of rotatable bonds is 3. The third kappa shape index (κ3) is 24.6. The van der Waals surface area contributed by atoms with Crippen molar-refractivity contribution in [3.05, 3.63) is 11.6 Å². The van der Waals surface area contributed by atoms with Crippen molar-refractivity contribution in [3.8, 4) is 0 Å². The molecule has 15 heavy (non-hydrogen) atoms. The molecule has 0 radical (unpaired) electrons. The molecule has 0 saturated carbocycles. The van der Waals surface area contributed by atoms with Gasteiger partial charge in [-0.05, 0) is 20.8 Å². The highest BCUT2D eigenvalue weighted by atomic mass is 16.2. The second-order valence-electron chi connectivity index (χ2n) is 2.64. The van der Waals surface area contributed by atoms with Crippen molar-refractivity contribution in [1.82, 2.24) is 5.32 Å². The zero-order chi connectivity index (χ0) is 12.9. The topological polar surface area (TPSA) is 46.2 Å². The minimum Gasteiger partial charge on any atom is -0.345 e. The summed E-state index contributed by atoms with van der Waals surface area (Å²) >= 11 is 0. The molecular formula is C12H25NO2. The summed E-state index contributed by atoms with van der Waals surface area (Å²) in [6.45, 7) is 13.2. The van der Waals surface area contributed by atoms with Crippen molar-refractivity contribution in [2.75, 3.05) is 6.54 Å². The number of hydrogen-bond donors (Lipinski definition) is 1. The van der Waals surface area contributed by atoms with Crippen molar-refractivity contribution >= 4 is 11.7 Å². The molecule has 0 aliphatic heterocycles. The van der Waals surface area contributed by atoms with E-state index in [9.17, 15) is 9.59 Å². The number of ketones is 1. The van der Waals surface area contributed by atoms with Gasteiger partial charge >= 0.3 is 0 Å². The molecule has 0 aliphatic carbocycles. The van der Waals surface area contributed by atoms with Gasteiger partial charge in [0.05, 0.1) is 6.54 Å². The van der Waals surface area contributed by atoms with Gasteiger partial charge in [-0.15, -0.1) is 0 Å². The third-order valence-corrected chi connectivity index (χ3v) is 0.931. The molecule has 0 rings (SSSR count). The zero-order valence-corrected chi connectivity index (χ0v) is 11.1. The molecule has 1 amide bonds. The predicted molar refractivity (Wildman–Crippen MR) is 65.8 cm³/mol. The first-order chi connectivity index (χ1) is 7.02. The molecule has 3 nitrogen and oxygen atoms in total. The van der Waals surface area contributed by atoms with E-state index in [0.29, 0.717) is 0 Å². The van der Waals surface area contributed by atoms with Gasteiger partial charge in [0.25, 0.3) is 0 Å². The normalized spacial score (nSPS) is 7.13. The van der Waals surface area contributed by atoms with E-state index in [-0.39, 0.29) is 18.2 Å². The molecule has 0 fully saturated rings. The predicted octanol–water partition coefficient (Wildman–Crippen LogP) is 2.71. The highest BCUT2D eigenvalue weighted by Gasteiger charge is 1.96. The van der Waals surface area contributed by atoms with Crippen molar-refractivity contribution < 1.29 is 9.59 Å². The van der Waals surface area contributed by atoms with Crippen LogP contribution in [0.4, 0.5) is 0 Å². The number of carbonyl (C=O) groups excluding carboxylic acids is 2. The van der Waals surface area contributed by atoms with Gasteiger partial charge in [0.2, 0.25) is 5.91 Å². The molecule has 90 valence electrons. The minimum absolute atomic E-state index is 0.0412. The Labute approximate surface area is 93.9 Å². The average molecular weight is 215 g/mol. The Bertz CT molecular complexity index is 192. The summed E-state index contributed by atoms with van der Waals surface area (Å²) in [5.41, 5.74) is 0.922. The Hall–Kier alpha value is -1.12. The van der Waals surface area contributed by atoms with E-state index in [1.807, 2.05) is 41.5 Å². The standard InChI is InChI=1S/C8H13NO2.2C2H6/c1-6(2)4-8(11)9-5-7(3)10;2*1-2/h4H,5H2,1-3H3,(H,9,11);2*1-2H3.